The van der Waals surface area contributed by atoms with Gasteiger partial charge in [0.25, 0.3) is 0 Å². The van der Waals surface area contributed by atoms with Crippen molar-refractivity contribution in [3.05, 3.63) is 59.1 Å². The number of carbonyl (C=O) groups excluding carboxylic acids is 2. The van der Waals surface area contributed by atoms with Crippen LogP contribution in [0.4, 0.5) is 5.69 Å². The molecule has 0 radical (unpaired) electrons. The van der Waals surface area contributed by atoms with E-state index in [1.807, 2.05) is 32.9 Å². The molecule has 2 amide bonds. The van der Waals surface area contributed by atoms with Crippen LogP contribution >= 0.6 is 11.6 Å². The number of sulfonamides is 1. The molecule has 0 spiro atoms. The smallest absolute Gasteiger partial charge is 0.242 e. The van der Waals surface area contributed by atoms with Crippen molar-refractivity contribution in [2.75, 3.05) is 30.3 Å². The zero-order valence-electron chi connectivity index (χ0n) is 22.2. The molecule has 0 aromatic heterocycles. The molecule has 1 N–H and O–H groups in total. The van der Waals surface area contributed by atoms with Gasteiger partial charge in [0.1, 0.15) is 11.8 Å². The van der Waals surface area contributed by atoms with Gasteiger partial charge in [0.2, 0.25) is 21.8 Å². The van der Waals surface area contributed by atoms with Crippen LogP contribution in [0.2, 0.25) is 5.02 Å². The Labute approximate surface area is 226 Å². The Morgan fingerprint density at radius 1 is 1.05 bits per heavy atom. The molecule has 204 valence electrons. The van der Waals surface area contributed by atoms with Gasteiger partial charge in [0.15, 0.2) is 0 Å². The van der Waals surface area contributed by atoms with Crippen molar-refractivity contribution in [2.24, 2.45) is 5.92 Å². The van der Waals surface area contributed by atoms with Crippen molar-refractivity contribution in [1.82, 2.24) is 10.2 Å². The summed E-state index contributed by atoms with van der Waals surface area (Å²) in [4.78, 5) is 27.7. The van der Waals surface area contributed by atoms with Crippen LogP contribution in [-0.4, -0.2) is 57.1 Å². The predicted octanol–water partition coefficient (Wildman–Crippen LogP) is 4.47. The lowest BCUT2D eigenvalue weighted by Gasteiger charge is -2.30. The van der Waals surface area contributed by atoms with Crippen LogP contribution in [0.3, 0.4) is 0 Å². The van der Waals surface area contributed by atoms with Crippen molar-refractivity contribution in [3.8, 4) is 5.75 Å². The van der Waals surface area contributed by atoms with Gasteiger partial charge in [-0.3, -0.25) is 13.9 Å². The lowest BCUT2D eigenvalue weighted by Crippen LogP contribution is -2.48. The number of carbonyl (C=O) groups is 2. The number of hydrogen-bond donors (Lipinski definition) is 1. The van der Waals surface area contributed by atoms with Crippen molar-refractivity contribution < 1.29 is 22.7 Å². The number of hydrogen-bond acceptors (Lipinski definition) is 5. The van der Waals surface area contributed by atoms with Gasteiger partial charge >= 0.3 is 0 Å². The van der Waals surface area contributed by atoms with Crippen LogP contribution in [0.25, 0.3) is 0 Å². The lowest BCUT2D eigenvalue weighted by atomic mass is 10.1. The summed E-state index contributed by atoms with van der Waals surface area (Å²) in [5, 5.41) is 3.47. The monoisotopic (exact) mass is 551 g/mol. The van der Waals surface area contributed by atoms with E-state index in [9.17, 15) is 18.0 Å². The van der Waals surface area contributed by atoms with Gasteiger partial charge in [-0.1, -0.05) is 49.7 Å². The van der Waals surface area contributed by atoms with E-state index in [-0.39, 0.29) is 43.7 Å². The maximum Gasteiger partial charge on any atom is 0.242 e. The van der Waals surface area contributed by atoms with Crippen molar-refractivity contribution in [2.45, 2.75) is 53.1 Å². The fraction of sp³-hybridized carbons (Fsp3) is 0.481. The molecule has 0 aliphatic carbocycles. The second-order valence-corrected chi connectivity index (χ2v) is 11.6. The minimum Gasteiger partial charge on any atom is -0.492 e. The number of rotatable bonds is 14. The highest BCUT2D eigenvalue weighted by atomic mass is 35.5. The third kappa shape index (κ3) is 9.55. The number of nitrogens with zero attached hydrogens (tertiary/aromatic N) is 2. The summed E-state index contributed by atoms with van der Waals surface area (Å²) in [5.74, 6) is 0.257. The summed E-state index contributed by atoms with van der Waals surface area (Å²) < 4.78 is 32.1. The molecule has 0 aliphatic rings. The Hall–Kier alpha value is -2.78. The first-order valence-electron chi connectivity index (χ1n) is 12.4. The maximum atomic E-state index is 13.4. The minimum atomic E-state index is -3.62. The molecule has 2 aromatic rings. The van der Waals surface area contributed by atoms with E-state index in [2.05, 4.69) is 5.32 Å². The van der Waals surface area contributed by atoms with Crippen LogP contribution < -0.4 is 14.4 Å². The third-order valence-corrected chi connectivity index (χ3v) is 7.14. The number of amides is 2. The van der Waals surface area contributed by atoms with E-state index in [1.54, 1.807) is 43.3 Å². The van der Waals surface area contributed by atoms with Gasteiger partial charge in [0.05, 0.1) is 18.6 Å². The van der Waals surface area contributed by atoms with Crippen LogP contribution in [-0.2, 0) is 26.2 Å². The molecule has 1 unspecified atom stereocenters. The number of benzene rings is 2. The first-order valence-corrected chi connectivity index (χ1v) is 14.7. The summed E-state index contributed by atoms with van der Waals surface area (Å²) in [5.41, 5.74) is 1.27. The molecular formula is C27H38ClN3O5S. The van der Waals surface area contributed by atoms with E-state index < -0.39 is 16.1 Å². The zero-order chi connectivity index (χ0) is 27.6. The molecule has 10 heteroatoms. The fourth-order valence-electron chi connectivity index (χ4n) is 3.74. The molecular weight excluding hydrogens is 514 g/mol. The maximum absolute atomic E-state index is 13.4. The van der Waals surface area contributed by atoms with E-state index in [0.717, 1.165) is 11.8 Å². The molecule has 2 aromatic carbocycles. The van der Waals surface area contributed by atoms with Crippen LogP contribution in [0, 0.1) is 5.92 Å². The number of nitrogens with one attached hydrogen (secondary N) is 1. The number of halogens is 1. The van der Waals surface area contributed by atoms with Crippen LogP contribution in [0.5, 0.6) is 5.75 Å². The number of para-hydroxylation sites is 2. The van der Waals surface area contributed by atoms with E-state index >= 15 is 0 Å². The van der Waals surface area contributed by atoms with E-state index in [1.165, 1.54) is 9.21 Å². The summed E-state index contributed by atoms with van der Waals surface area (Å²) >= 11 is 6.00. The summed E-state index contributed by atoms with van der Waals surface area (Å²) in [6.07, 6.45) is 1.47. The fourth-order valence-corrected chi connectivity index (χ4v) is 4.84. The first kappa shape index (κ1) is 30.4. The molecule has 1 atom stereocenters. The lowest BCUT2D eigenvalue weighted by molar-refractivity contribution is -0.140. The Morgan fingerprint density at radius 2 is 1.70 bits per heavy atom. The SMILES string of the molecule is CCOc1ccccc1N(CCCC(=O)N(Cc1ccc(Cl)cc1)C(C)C(=O)NCC(C)C)S(C)(=O)=O. The van der Waals surface area contributed by atoms with Crippen LogP contribution in [0.15, 0.2) is 48.5 Å². The van der Waals surface area contributed by atoms with Crippen molar-refractivity contribution in [3.63, 3.8) is 0 Å². The molecule has 0 bridgehead atoms. The van der Waals surface area contributed by atoms with Gasteiger partial charge in [0, 0.05) is 31.1 Å². The summed E-state index contributed by atoms with van der Waals surface area (Å²) in [6, 6.07) is 13.3. The molecule has 0 heterocycles. The second kappa shape index (κ2) is 14.2. The minimum absolute atomic E-state index is 0.0677. The highest BCUT2D eigenvalue weighted by molar-refractivity contribution is 7.92. The summed E-state index contributed by atoms with van der Waals surface area (Å²) in [6.45, 7) is 8.75. The molecule has 37 heavy (non-hydrogen) atoms. The van der Waals surface area contributed by atoms with E-state index in [4.69, 9.17) is 16.3 Å². The molecule has 0 saturated heterocycles. The van der Waals surface area contributed by atoms with E-state index in [0.29, 0.717) is 29.6 Å². The molecule has 2 rings (SSSR count). The molecule has 8 nitrogen and oxygen atoms in total. The highest BCUT2D eigenvalue weighted by Crippen LogP contribution is 2.30. The van der Waals surface area contributed by atoms with Crippen molar-refractivity contribution >= 4 is 39.1 Å². The molecule has 0 saturated carbocycles. The topological polar surface area (TPSA) is 96.0 Å². The van der Waals surface area contributed by atoms with Gasteiger partial charge < -0.3 is 15.0 Å². The Bertz CT molecular complexity index is 1140. The Kier molecular flexibility index (Phi) is 11.7. The number of anilines is 1. The highest BCUT2D eigenvalue weighted by Gasteiger charge is 2.27. The second-order valence-electron chi connectivity index (χ2n) is 9.30. The van der Waals surface area contributed by atoms with Gasteiger partial charge in [-0.05, 0) is 56.0 Å². The zero-order valence-corrected chi connectivity index (χ0v) is 23.8. The Morgan fingerprint density at radius 3 is 2.30 bits per heavy atom. The first-order chi connectivity index (χ1) is 17.4. The molecule has 0 fully saturated rings. The standard InChI is InChI=1S/C27H38ClN3O5S/c1-6-36-25-11-8-7-10-24(25)31(37(5,34)35)17-9-12-26(32)30(19-22-13-15-23(28)16-14-22)21(4)27(33)29-18-20(2)3/h7-8,10-11,13-16,20-21H,6,9,12,17-19H2,1-5H3,(H,29,33). The Balaban J connectivity index is 2.19. The van der Waals surface area contributed by atoms with Gasteiger partial charge in [-0.15, -0.1) is 0 Å². The third-order valence-electron chi connectivity index (χ3n) is 5.70. The number of ether oxygens (including phenoxy) is 1. The average Bonchev–Trinajstić information content (AvgIpc) is 2.84. The normalized spacial score (nSPS) is 12.2. The summed E-state index contributed by atoms with van der Waals surface area (Å²) in [7, 11) is -3.62. The van der Waals surface area contributed by atoms with Crippen LogP contribution in [0.1, 0.15) is 46.1 Å². The quantitative estimate of drug-likeness (QED) is 0.373. The van der Waals surface area contributed by atoms with Gasteiger partial charge in [-0.2, -0.15) is 0 Å². The van der Waals surface area contributed by atoms with Crippen molar-refractivity contribution in [1.29, 1.82) is 0 Å². The predicted molar refractivity (Wildman–Crippen MR) is 148 cm³/mol. The average molecular weight is 552 g/mol. The van der Waals surface area contributed by atoms with Gasteiger partial charge in [-0.25, -0.2) is 8.42 Å². The largest absolute Gasteiger partial charge is 0.492 e. The molecule has 0 aliphatic heterocycles.